The van der Waals surface area contributed by atoms with Crippen LogP contribution in [0.3, 0.4) is 0 Å². The second-order valence-electron chi connectivity index (χ2n) is 3.35. The van der Waals surface area contributed by atoms with Gasteiger partial charge in [-0.15, -0.1) is 10.2 Å². The van der Waals surface area contributed by atoms with Gasteiger partial charge in [-0.05, 0) is 17.3 Å². The van der Waals surface area contributed by atoms with Crippen LogP contribution < -0.4 is 10.0 Å². The quantitative estimate of drug-likeness (QED) is 0.306. The molecule has 2 N–H and O–H groups in total. The number of sulfonamides is 1. The van der Waals surface area contributed by atoms with Crippen LogP contribution in [0.2, 0.25) is 0 Å². The Morgan fingerprint density at radius 2 is 2.11 bits per heavy atom. The van der Waals surface area contributed by atoms with Crippen LogP contribution in [0.15, 0.2) is 4.34 Å². The molecule has 0 unspecified atom stereocenters. The van der Waals surface area contributed by atoms with Crippen molar-refractivity contribution in [3.05, 3.63) is 0 Å². The molecule has 0 fully saturated rings. The number of nitrogens with one attached hydrogen (secondary N) is 2. The monoisotopic (exact) mass is 404 g/mol. The fourth-order valence-electron chi connectivity index (χ4n) is 1.01. The van der Waals surface area contributed by atoms with E-state index in [4.69, 9.17) is 0 Å². The molecule has 0 spiro atoms. The summed E-state index contributed by atoms with van der Waals surface area (Å²) in [5.74, 6) is -0.315. The molecule has 7 nitrogen and oxygen atoms in total. The highest BCUT2D eigenvalue weighted by Gasteiger charge is 2.19. The minimum atomic E-state index is -3.61. The van der Waals surface area contributed by atoms with E-state index in [-0.39, 0.29) is 15.4 Å². The number of carbonyl (C=O) groups is 1. The Morgan fingerprint density at radius 3 is 2.72 bits per heavy atom. The van der Waals surface area contributed by atoms with Gasteiger partial charge in [0.1, 0.15) is 0 Å². The molecule has 1 rings (SSSR count). The summed E-state index contributed by atoms with van der Waals surface area (Å²) in [6.07, 6.45) is 1.73. The van der Waals surface area contributed by atoms with Gasteiger partial charge in [-0.2, -0.15) is 0 Å². The zero-order valence-electron chi connectivity index (χ0n) is 9.64. The van der Waals surface area contributed by atoms with Gasteiger partial charge in [0.05, 0.1) is 0 Å². The van der Waals surface area contributed by atoms with E-state index in [0.717, 1.165) is 28.6 Å². The number of carbonyl (C=O) groups excluding carboxylic acids is 1. The molecule has 0 radical (unpaired) electrons. The predicted octanol–water partition coefficient (Wildman–Crippen LogP) is 0.990. The van der Waals surface area contributed by atoms with Gasteiger partial charge >= 0.3 is 0 Å². The van der Waals surface area contributed by atoms with Crippen LogP contribution in [0.1, 0.15) is 19.8 Å². The zero-order chi connectivity index (χ0) is 13.6. The van der Waals surface area contributed by atoms with E-state index in [1.807, 2.05) is 0 Å². The molecule has 1 aromatic heterocycles. The Kier molecular flexibility index (Phi) is 6.38. The average molecular weight is 404 g/mol. The van der Waals surface area contributed by atoms with E-state index in [0.29, 0.717) is 6.54 Å². The van der Waals surface area contributed by atoms with E-state index in [1.165, 1.54) is 6.92 Å². The summed E-state index contributed by atoms with van der Waals surface area (Å²) < 4.78 is 26.8. The van der Waals surface area contributed by atoms with E-state index in [1.54, 1.807) is 0 Å². The first kappa shape index (κ1) is 15.7. The molecule has 1 heterocycles. The maximum Gasteiger partial charge on any atom is 0.269 e. The van der Waals surface area contributed by atoms with Gasteiger partial charge in [0.15, 0.2) is 0 Å². The summed E-state index contributed by atoms with van der Waals surface area (Å²) in [6, 6.07) is 0. The predicted molar refractivity (Wildman–Crippen MR) is 77.5 cm³/mol. The van der Waals surface area contributed by atoms with E-state index >= 15 is 0 Å². The lowest BCUT2D eigenvalue weighted by Crippen LogP contribution is -2.24. The fourth-order valence-corrected chi connectivity index (χ4v) is 3.61. The van der Waals surface area contributed by atoms with Gasteiger partial charge in [0.25, 0.3) is 10.0 Å². The largest absolute Gasteiger partial charge is 0.301 e. The molecule has 0 aliphatic carbocycles. The van der Waals surface area contributed by atoms with Crippen molar-refractivity contribution in [2.75, 3.05) is 16.3 Å². The number of hydrogen-bond donors (Lipinski definition) is 2. The lowest BCUT2D eigenvalue weighted by molar-refractivity contribution is -0.114. The number of unbranched alkanes of at least 4 members (excludes halogenated alkanes) is 1. The third kappa shape index (κ3) is 5.12. The number of hydrogen-bond acceptors (Lipinski definition) is 6. The van der Waals surface area contributed by atoms with Crippen molar-refractivity contribution in [3.8, 4) is 0 Å². The highest BCUT2D eigenvalue weighted by atomic mass is 127. The topological polar surface area (TPSA) is 101 Å². The number of aromatic nitrogens is 2. The number of nitrogens with zero attached hydrogens (tertiary/aromatic N) is 2. The first-order valence-electron chi connectivity index (χ1n) is 5.12. The zero-order valence-corrected chi connectivity index (χ0v) is 13.4. The van der Waals surface area contributed by atoms with Gasteiger partial charge in [-0.3, -0.25) is 4.79 Å². The second kappa shape index (κ2) is 7.31. The SMILES string of the molecule is CC(=O)Nc1nnc(S(=O)(=O)NCCCCI)s1. The van der Waals surface area contributed by atoms with Crippen molar-refractivity contribution in [3.63, 3.8) is 0 Å². The molecule has 1 amide bonds. The second-order valence-corrected chi connectivity index (χ2v) is 7.35. The lowest BCUT2D eigenvalue weighted by atomic mass is 10.3. The third-order valence-electron chi connectivity index (χ3n) is 1.77. The molecule has 0 aliphatic heterocycles. The number of alkyl halides is 1. The van der Waals surface area contributed by atoms with Crippen molar-refractivity contribution in [1.29, 1.82) is 0 Å². The van der Waals surface area contributed by atoms with Crippen LogP contribution in [0.25, 0.3) is 0 Å². The van der Waals surface area contributed by atoms with Crippen molar-refractivity contribution in [2.24, 2.45) is 0 Å². The Morgan fingerprint density at radius 1 is 1.39 bits per heavy atom. The minimum Gasteiger partial charge on any atom is -0.301 e. The Hall–Kier alpha value is -0.330. The number of rotatable bonds is 7. The molecule has 0 saturated heterocycles. The van der Waals surface area contributed by atoms with Gasteiger partial charge in [-0.25, -0.2) is 13.1 Å². The summed E-state index contributed by atoms with van der Waals surface area (Å²) in [5, 5.41) is 9.69. The molecular weight excluding hydrogens is 391 g/mol. The maximum absolute atomic E-state index is 11.8. The highest BCUT2D eigenvalue weighted by molar-refractivity contribution is 14.1. The molecule has 0 atom stereocenters. The lowest BCUT2D eigenvalue weighted by Gasteiger charge is -2.01. The Labute approximate surface area is 123 Å². The van der Waals surface area contributed by atoms with Gasteiger partial charge < -0.3 is 5.32 Å². The molecule has 0 saturated carbocycles. The number of anilines is 1. The van der Waals surface area contributed by atoms with E-state index in [9.17, 15) is 13.2 Å². The van der Waals surface area contributed by atoms with Crippen molar-refractivity contribution < 1.29 is 13.2 Å². The minimum absolute atomic E-state index is 0.138. The summed E-state index contributed by atoms with van der Waals surface area (Å²) >= 11 is 3.06. The maximum atomic E-state index is 11.8. The summed E-state index contributed by atoms with van der Waals surface area (Å²) in [5.41, 5.74) is 0. The molecule has 0 aromatic carbocycles. The molecule has 18 heavy (non-hydrogen) atoms. The van der Waals surface area contributed by atoms with Crippen LogP contribution in [0, 0.1) is 0 Å². The van der Waals surface area contributed by atoms with Crippen LogP contribution in [0.5, 0.6) is 0 Å². The van der Waals surface area contributed by atoms with Gasteiger partial charge in [-0.1, -0.05) is 33.9 Å². The average Bonchev–Trinajstić information content (AvgIpc) is 2.73. The Balaban J connectivity index is 2.61. The van der Waals surface area contributed by atoms with E-state index in [2.05, 4.69) is 42.8 Å². The van der Waals surface area contributed by atoms with Crippen molar-refractivity contribution >= 4 is 55.0 Å². The van der Waals surface area contributed by atoms with Gasteiger partial charge in [0.2, 0.25) is 15.4 Å². The first-order valence-corrected chi connectivity index (χ1v) is 8.95. The Bertz CT molecular complexity index is 502. The first-order chi connectivity index (χ1) is 8.45. The standard InChI is InChI=1S/C8H13IN4O3S2/c1-6(14)11-7-12-13-8(17-7)18(15,16)10-5-3-2-4-9/h10H,2-5H2,1H3,(H,11,12,14). The normalized spacial score (nSPS) is 11.4. The molecular formula is C8H13IN4O3S2. The van der Waals surface area contributed by atoms with Crippen molar-refractivity contribution in [1.82, 2.24) is 14.9 Å². The van der Waals surface area contributed by atoms with Gasteiger partial charge in [0, 0.05) is 13.5 Å². The highest BCUT2D eigenvalue weighted by Crippen LogP contribution is 2.19. The smallest absolute Gasteiger partial charge is 0.269 e. The fraction of sp³-hybridized carbons (Fsp3) is 0.625. The summed E-state index contributed by atoms with van der Waals surface area (Å²) in [7, 11) is -3.61. The molecule has 0 aliphatic rings. The molecule has 1 aromatic rings. The van der Waals surface area contributed by atoms with Crippen LogP contribution in [-0.4, -0.2) is 35.5 Å². The third-order valence-corrected chi connectivity index (χ3v) is 5.20. The van der Waals surface area contributed by atoms with Crippen molar-refractivity contribution in [2.45, 2.75) is 24.1 Å². The van der Waals surface area contributed by atoms with Crippen LogP contribution >= 0.6 is 33.9 Å². The summed E-state index contributed by atoms with van der Waals surface area (Å²) in [6.45, 7) is 1.69. The van der Waals surface area contributed by atoms with E-state index < -0.39 is 10.0 Å². The molecule has 102 valence electrons. The molecule has 0 bridgehead atoms. The van der Waals surface area contributed by atoms with Crippen LogP contribution in [-0.2, 0) is 14.8 Å². The number of amides is 1. The number of halogens is 1. The molecule has 10 heteroatoms. The van der Waals surface area contributed by atoms with Crippen LogP contribution in [0.4, 0.5) is 5.13 Å². The summed E-state index contributed by atoms with van der Waals surface area (Å²) in [4.78, 5) is 10.8.